The first kappa shape index (κ1) is 32.0. The molecule has 3 aromatic rings. The van der Waals surface area contributed by atoms with Gasteiger partial charge in [0.25, 0.3) is 0 Å². The number of rotatable bonds is 7. The Morgan fingerprint density at radius 2 is 1.75 bits per heavy atom. The van der Waals surface area contributed by atoms with Gasteiger partial charge in [-0.15, -0.1) is 0 Å². The number of hydrogen-bond acceptors (Lipinski definition) is 5. The summed E-state index contributed by atoms with van der Waals surface area (Å²) in [5.41, 5.74) is -0.0181. The molecule has 8 nitrogen and oxygen atoms in total. The molecule has 3 heterocycles. The van der Waals surface area contributed by atoms with Crippen molar-refractivity contribution in [2.45, 2.75) is 66.3 Å². The van der Waals surface area contributed by atoms with E-state index in [-0.39, 0.29) is 42.1 Å². The van der Waals surface area contributed by atoms with Gasteiger partial charge in [-0.1, -0.05) is 39.8 Å². The summed E-state index contributed by atoms with van der Waals surface area (Å²) in [7, 11) is 0. The van der Waals surface area contributed by atoms with Crippen molar-refractivity contribution in [3.05, 3.63) is 71.3 Å². The quantitative estimate of drug-likeness (QED) is 0.361. The Morgan fingerprint density at radius 1 is 1.05 bits per heavy atom. The van der Waals surface area contributed by atoms with Crippen LogP contribution in [-0.2, 0) is 11.3 Å². The van der Waals surface area contributed by atoms with Crippen LogP contribution in [0.4, 0.5) is 18.0 Å². The maximum Gasteiger partial charge on any atom is 0.320 e. The first-order valence-electron chi connectivity index (χ1n) is 15.4. The molecule has 2 fully saturated rings. The SMILES string of the molecule is C[C@@H]1CN(C(=O)N(C[C@@H]2CNC[C@@H]2C)[C@@H](c2nc(-c3cc(F)ccc3F)nn2Cc2cccc(F)c2)C(C)(C)C)C[C@H](C)O1. The first-order chi connectivity index (χ1) is 20.8. The van der Waals surface area contributed by atoms with Crippen molar-refractivity contribution in [3.63, 3.8) is 0 Å². The predicted octanol–water partition coefficient (Wildman–Crippen LogP) is 5.88. The molecule has 44 heavy (non-hydrogen) atoms. The zero-order valence-electron chi connectivity index (χ0n) is 26.4. The number of carbonyl (C=O) groups is 1. The van der Waals surface area contributed by atoms with Crippen LogP contribution in [-0.4, -0.2) is 75.5 Å². The third-order valence-electron chi connectivity index (χ3n) is 8.51. The number of halogens is 3. The number of aromatic nitrogens is 3. The van der Waals surface area contributed by atoms with Crippen LogP contribution in [0.5, 0.6) is 0 Å². The highest BCUT2D eigenvalue weighted by Gasteiger charge is 2.43. The Morgan fingerprint density at radius 3 is 2.39 bits per heavy atom. The fourth-order valence-corrected chi connectivity index (χ4v) is 6.43. The summed E-state index contributed by atoms with van der Waals surface area (Å²) in [5.74, 6) is -0.727. The molecule has 2 amide bonds. The van der Waals surface area contributed by atoms with Crippen molar-refractivity contribution in [1.82, 2.24) is 29.9 Å². The predicted molar refractivity (Wildman–Crippen MR) is 162 cm³/mol. The summed E-state index contributed by atoms with van der Waals surface area (Å²) in [6, 6.07) is 8.57. The van der Waals surface area contributed by atoms with E-state index in [1.54, 1.807) is 16.8 Å². The molecule has 1 N–H and O–H groups in total. The molecule has 0 aliphatic carbocycles. The fraction of sp³-hybridized carbons (Fsp3) is 0.545. The molecule has 0 saturated carbocycles. The fourth-order valence-electron chi connectivity index (χ4n) is 6.43. The Bertz CT molecular complexity index is 1460. The van der Waals surface area contributed by atoms with Crippen LogP contribution in [0.15, 0.2) is 42.5 Å². The van der Waals surface area contributed by atoms with E-state index in [2.05, 4.69) is 17.3 Å². The molecule has 11 heteroatoms. The summed E-state index contributed by atoms with van der Waals surface area (Å²) in [6.07, 6.45) is -0.243. The van der Waals surface area contributed by atoms with Crippen molar-refractivity contribution in [3.8, 4) is 11.4 Å². The van der Waals surface area contributed by atoms with Gasteiger partial charge >= 0.3 is 6.03 Å². The minimum absolute atomic E-state index is 0.000398. The van der Waals surface area contributed by atoms with Gasteiger partial charge in [0.15, 0.2) is 11.6 Å². The van der Waals surface area contributed by atoms with Gasteiger partial charge in [-0.2, -0.15) is 5.10 Å². The van der Waals surface area contributed by atoms with E-state index >= 15 is 4.39 Å². The van der Waals surface area contributed by atoms with Crippen LogP contribution in [0.1, 0.15) is 59.0 Å². The second-order valence-corrected chi connectivity index (χ2v) is 13.5. The second-order valence-electron chi connectivity index (χ2n) is 13.5. The lowest BCUT2D eigenvalue weighted by molar-refractivity contribution is -0.0619. The topological polar surface area (TPSA) is 75.5 Å². The highest BCUT2D eigenvalue weighted by atomic mass is 19.1. The summed E-state index contributed by atoms with van der Waals surface area (Å²) in [4.78, 5) is 23.2. The molecular formula is C33H43F3N6O2. The number of urea groups is 1. The second kappa shape index (κ2) is 12.9. The molecule has 2 saturated heterocycles. The molecule has 0 radical (unpaired) electrons. The molecule has 1 aromatic heterocycles. The third-order valence-corrected chi connectivity index (χ3v) is 8.51. The van der Waals surface area contributed by atoms with Crippen LogP contribution >= 0.6 is 0 Å². The zero-order valence-corrected chi connectivity index (χ0v) is 26.4. The van der Waals surface area contributed by atoms with Crippen molar-refractivity contribution in [2.75, 3.05) is 32.7 Å². The summed E-state index contributed by atoms with van der Waals surface area (Å²) in [6.45, 7) is 15.3. The molecule has 0 unspecified atom stereocenters. The average molecular weight is 613 g/mol. The van der Waals surface area contributed by atoms with Crippen LogP contribution in [0, 0.1) is 34.7 Å². The number of hydrogen-bond donors (Lipinski definition) is 1. The minimum atomic E-state index is -0.664. The van der Waals surface area contributed by atoms with Crippen molar-refractivity contribution in [1.29, 1.82) is 0 Å². The Kier molecular flexibility index (Phi) is 9.36. The first-order valence-corrected chi connectivity index (χ1v) is 15.4. The molecule has 238 valence electrons. The number of amides is 2. The summed E-state index contributed by atoms with van der Waals surface area (Å²) < 4.78 is 51.1. The number of benzene rings is 2. The number of nitrogens with zero attached hydrogens (tertiary/aromatic N) is 5. The monoisotopic (exact) mass is 612 g/mol. The van der Waals surface area contributed by atoms with Crippen LogP contribution in [0.25, 0.3) is 11.4 Å². The van der Waals surface area contributed by atoms with Gasteiger partial charge in [0.1, 0.15) is 17.5 Å². The van der Waals surface area contributed by atoms with E-state index in [0.29, 0.717) is 36.9 Å². The maximum absolute atomic E-state index is 15.0. The molecule has 2 aliphatic rings. The van der Waals surface area contributed by atoms with Gasteiger partial charge in [-0.3, -0.25) is 0 Å². The van der Waals surface area contributed by atoms with Crippen molar-refractivity contribution in [2.24, 2.45) is 17.3 Å². The van der Waals surface area contributed by atoms with Gasteiger partial charge < -0.3 is 19.9 Å². The van der Waals surface area contributed by atoms with E-state index in [9.17, 15) is 13.6 Å². The maximum atomic E-state index is 15.0. The van der Waals surface area contributed by atoms with Crippen molar-refractivity contribution < 1.29 is 22.7 Å². The Balaban J connectivity index is 1.66. The molecule has 0 spiro atoms. The molecule has 2 aromatic carbocycles. The number of carbonyl (C=O) groups excluding carboxylic acids is 1. The van der Waals surface area contributed by atoms with Crippen LogP contribution in [0.3, 0.4) is 0 Å². The summed E-state index contributed by atoms with van der Waals surface area (Å²) >= 11 is 0. The smallest absolute Gasteiger partial charge is 0.320 e. The highest BCUT2D eigenvalue weighted by Crippen LogP contribution is 2.40. The van der Waals surface area contributed by atoms with E-state index in [1.807, 2.05) is 44.4 Å². The normalized spacial score (nSPS) is 23.2. The largest absolute Gasteiger partial charge is 0.372 e. The lowest BCUT2D eigenvalue weighted by Gasteiger charge is -2.45. The standard InChI is InChI=1S/C33H43F3N6O2/c1-20-14-37-15-24(20)19-41(32(43)40-16-21(2)44-22(3)17-40)29(33(4,5)6)31-38-30(27-13-26(35)10-11-28(27)36)39-42(31)18-23-8-7-9-25(34)12-23/h7-13,20-22,24,29,37H,14-19H2,1-6H3/t20-,21-,22+,24-,29-/m0/s1. The van der Waals surface area contributed by atoms with E-state index < -0.39 is 28.9 Å². The van der Waals surface area contributed by atoms with Crippen LogP contribution < -0.4 is 5.32 Å². The summed E-state index contributed by atoms with van der Waals surface area (Å²) in [5, 5.41) is 8.11. The van der Waals surface area contributed by atoms with Gasteiger partial charge in [0.05, 0.1) is 30.4 Å². The number of ether oxygens (including phenoxy) is 1. The van der Waals surface area contributed by atoms with Crippen LogP contribution in [0.2, 0.25) is 0 Å². The Hall–Kier alpha value is -3.44. The van der Waals surface area contributed by atoms with Crippen molar-refractivity contribution >= 4 is 6.03 Å². The molecule has 2 aliphatic heterocycles. The third kappa shape index (κ3) is 7.10. The van der Waals surface area contributed by atoms with E-state index in [1.165, 1.54) is 12.1 Å². The molecular weight excluding hydrogens is 569 g/mol. The van der Waals surface area contributed by atoms with E-state index in [4.69, 9.17) is 9.72 Å². The minimum Gasteiger partial charge on any atom is -0.372 e. The lowest BCUT2D eigenvalue weighted by Crippen LogP contribution is -2.56. The van der Waals surface area contributed by atoms with E-state index in [0.717, 1.165) is 31.3 Å². The molecule has 0 bridgehead atoms. The number of nitrogens with one attached hydrogen (secondary N) is 1. The van der Waals surface area contributed by atoms with Gasteiger partial charge in [0, 0.05) is 19.6 Å². The van der Waals surface area contributed by atoms with Gasteiger partial charge in [0.2, 0.25) is 0 Å². The van der Waals surface area contributed by atoms with Gasteiger partial charge in [-0.25, -0.2) is 27.6 Å². The zero-order chi connectivity index (χ0) is 31.8. The Labute approximate surface area is 257 Å². The molecule has 5 rings (SSSR count). The van der Waals surface area contributed by atoms with Gasteiger partial charge in [-0.05, 0) is 80.1 Å². The lowest BCUT2D eigenvalue weighted by atomic mass is 9.84. The number of morpholine rings is 1. The molecule has 5 atom stereocenters. The average Bonchev–Trinajstić information content (AvgIpc) is 3.53. The highest BCUT2D eigenvalue weighted by molar-refractivity contribution is 5.75.